The van der Waals surface area contributed by atoms with Crippen molar-refractivity contribution in [2.45, 2.75) is 20.4 Å². The minimum Gasteiger partial charge on any atom is -0.365 e. The zero-order valence-electron chi connectivity index (χ0n) is 10.4. The fraction of sp³-hybridized carbons (Fsp3) is 0.273. The molecule has 0 aliphatic heterocycles. The summed E-state index contributed by atoms with van der Waals surface area (Å²) in [5, 5.41) is 7.92. The average molecular weight is 295 g/mol. The summed E-state index contributed by atoms with van der Waals surface area (Å²) >= 11 is 7.72. The predicted octanol–water partition coefficient (Wildman–Crippen LogP) is 2.46. The average Bonchev–Trinajstić information content (AvgIpc) is 2.99. The van der Waals surface area contributed by atoms with E-state index in [4.69, 9.17) is 11.6 Å². The largest absolute Gasteiger partial charge is 0.365 e. The Morgan fingerprint density at radius 3 is 2.95 bits per heavy atom. The van der Waals surface area contributed by atoms with Gasteiger partial charge >= 0.3 is 0 Å². The molecule has 19 heavy (non-hydrogen) atoms. The number of aromatic nitrogens is 5. The molecule has 3 rings (SSSR count). The third kappa shape index (κ3) is 2.15. The van der Waals surface area contributed by atoms with E-state index in [0.717, 1.165) is 17.1 Å². The fourth-order valence-corrected chi connectivity index (χ4v) is 2.65. The molecule has 0 bridgehead atoms. The molecule has 3 aromatic heterocycles. The molecule has 98 valence electrons. The second-order valence-corrected chi connectivity index (χ2v) is 5.36. The minimum atomic E-state index is 0.434. The maximum atomic E-state index is 6.10. The standard InChI is InChI=1S/C11H11ClN6S/c1-6-9(12)17-11-14-4-16-18(11)10(6)13-3-8-7(2)15-5-19-8/h4-5,13H,3H2,1-2H3. The van der Waals surface area contributed by atoms with Crippen molar-refractivity contribution in [3.05, 3.63) is 33.1 Å². The number of nitrogens with zero attached hydrogens (tertiary/aromatic N) is 5. The zero-order chi connectivity index (χ0) is 13.4. The molecule has 0 fully saturated rings. The van der Waals surface area contributed by atoms with Gasteiger partial charge in [0.1, 0.15) is 17.3 Å². The number of rotatable bonds is 3. The van der Waals surface area contributed by atoms with Crippen LogP contribution in [-0.2, 0) is 6.54 Å². The summed E-state index contributed by atoms with van der Waals surface area (Å²) in [6.45, 7) is 4.57. The molecule has 8 heteroatoms. The van der Waals surface area contributed by atoms with E-state index in [-0.39, 0.29) is 0 Å². The second kappa shape index (κ2) is 4.75. The van der Waals surface area contributed by atoms with Gasteiger partial charge in [0.05, 0.1) is 17.7 Å². The lowest BCUT2D eigenvalue weighted by Crippen LogP contribution is -2.08. The lowest BCUT2D eigenvalue weighted by atomic mass is 10.3. The van der Waals surface area contributed by atoms with E-state index >= 15 is 0 Å². The first kappa shape index (κ1) is 12.3. The van der Waals surface area contributed by atoms with Gasteiger partial charge in [0.25, 0.3) is 5.78 Å². The van der Waals surface area contributed by atoms with Crippen LogP contribution >= 0.6 is 22.9 Å². The van der Waals surface area contributed by atoms with Crippen LogP contribution in [0.4, 0.5) is 5.82 Å². The molecule has 0 radical (unpaired) electrons. The van der Waals surface area contributed by atoms with E-state index in [1.165, 1.54) is 11.2 Å². The van der Waals surface area contributed by atoms with E-state index < -0.39 is 0 Å². The van der Waals surface area contributed by atoms with Crippen molar-refractivity contribution < 1.29 is 0 Å². The van der Waals surface area contributed by atoms with Crippen molar-refractivity contribution in [1.82, 2.24) is 24.6 Å². The quantitative estimate of drug-likeness (QED) is 0.752. The van der Waals surface area contributed by atoms with Gasteiger partial charge in [-0.1, -0.05) is 11.6 Å². The molecular formula is C11H11ClN6S. The number of hydrogen-bond acceptors (Lipinski definition) is 6. The highest BCUT2D eigenvalue weighted by molar-refractivity contribution is 7.09. The summed E-state index contributed by atoms with van der Waals surface area (Å²) in [6, 6.07) is 0. The van der Waals surface area contributed by atoms with E-state index in [1.54, 1.807) is 15.9 Å². The molecule has 0 atom stereocenters. The molecule has 6 nitrogen and oxygen atoms in total. The van der Waals surface area contributed by atoms with Crippen molar-refractivity contribution in [3.63, 3.8) is 0 Å². The predicted molar refractivity (Wildman–Crippen MR) is 74.7 cm³/mol. The number of aryl methyl sites for hydroxylation is 1. The Balaban J connectivity index is 1.98. The first-order valence-corrected chi connectivity index (χ1v) is 6.91. The van der Waals surface area contributed by atoms with Crippen LogP contribution in [0.2, 0.25) is 5.15 Å². The van der Waals surface area contributed by atoms with Gasteiger partial charge in [0, 0.05) is 10.4 Å². The molecule has 3 aromatic rings. The summed E-state index contributed by atoms with van der Waals surface area (Å²) < 4.78 is 1.65. The van der Waals surface area contributed by atoms with Crippen molar-refractivity contribution in [2.75, 3.05) is 5.32 Å². The van der Waals surface area contributed by atoms with Crippen LogP contribution in [0.25, 0.3) is 5.78 Å². The van der Waals surface area contributed by atoms with Crippen LogP contribution < -0.4 is 5.32 Å². The molecule has 0 unspecified atom stereocenters. The van der Waals surface area contributed by atoms with Crippen LogP contribution in [0.15, 0.2) is 11.8 Å². The normalized spacial score (nSPS) is 11.1. The van der Waals surface area contributed by atoms with Gasteiger partial charge in [-0.3, -0.25) is 0 Å². The lowest BCUT2D eigenvalue weighted by molar-refractivity contribution is 0.915. The Kier molecular flexibility index (Phi) is 3.08. The number of hydrogen-bond donors (Lipinski definition) is 1. The van der Waals surface area contributed by atoms with Crippen molar-refractivity contribution in [1.29, 1.82) is 0 Å². The summed E-state index contributed by atoms with van der Waals surface area (Å²) in [7, 11) is 0. The summed E-state index contributed by atoms with van der Waals surface area (Å²) in [5.41, 5.74) is 3.72. The highest BCUT2D eigenvalue weighted by Crippen LogP contribution is 2.23. The first-order valence-electron chi connectivity index (χ1n) is 5.65. The van der Waals surface area contributed by atoms with Crippen LogP contribution in [-0.4, -0.2) is 24.6 Å². The Hall–Kier alpha value is -1.73. The Labute approximate surface area is 118 Å². The molecule has 0 saturated carbocycles. The monoisotopic (exact) mass is 294 g/mol. The first-order chi connectivity index (χ1) is 9.16. The highest BCUT2D eigenvalue weighted by atomic mass is 35.5. The Morgan fingerprint density at radius 2 is 2.21 bits per heavy atom. The number of thiazole rings is 1. The third-order valence-electron chi connectivity index (χ3n) is 2.87. The Bertz CT molecular complexity index is 734. The second-order valence-electron chi connectivity index (χ2n) is 4.06. The molecular weight excluding hydrogens is 284 g/mol. The van der Waals surface area contributed by atoms with Crippen LogP contribution in [0.5, 0.6) is 0 Å². The van der Waals surface area contributed by atoms with Crippen molar-refractivity contribution in [3.8, 4) is 0 Å². The van der Waals surface area contributed by atoms with Gasteiger partial charge < -0.3 is 5.32 Å². The van der Waals surface area contributed by atoms with E-state index in [1.807, 2.05) is 19.4 Å². The van der Waals surface area contributed by atoms with Crippen molar-refractivity contribution >= 4 is 34.5 Å². The van der Waals surface area contributed by atoms with Gasteiger partial charge in [-0.05, 0) is 13.8 Å². The zero-order valence-corrected chi connectivity index (χ0v) is 12.0. The topological polar surface area (TPSA) is 68.0 Å². The molecule has 0 amide bonds. The maximum Gasteiger partial charge on any atom is 0.255 e. The fourth-order valence-electron chi connectivity index (χ4n) is 1.76. The minimum absolute atomic E-state index is 0.434. The van der Waals surface area contributed by atoms with Crippen molar-refractivity contribution in [2.24, 2.45) is 0 Å². The third-order valence-corrected chi connectivity index (χ3v) is 4.17. The SMILES string of the molecule is Cc1ncsc1CNc1c(C)c(Cl)nc2ncnn12. The Morgan fingerprint density at radius 1 is 1.37 bits per heavy atom. The molecule has 3 heterocycles. The number of halogens is 1. The summed E-state index contributed by atoms with van der Waals surface area (Å²) in [4.78, 5) is 13.6. The molecule has 0 aliphatic rings. The van der Waals surface area contributed by atoms with E-state index in [9.17, 15) is 0 Å². The summed E-state index contributed by atoms with van der Waals surface area (Å²) in [5.74, 6) is 1.29. The van der Waals surface area contributed by atoms with Gasteiger partial charge in [0.15, 0.2) is 0 Å². The molecule has 0 saturated heterocycles. The molecule has 0 aliphatic carbocycles. The smallest absolute Gasteiger partial charge is 0.255 e. The molecule has 0 aromatic carbocycles. The van der Waals surface area contributed by atoms with Crippen LogP contribution in [0, 0.1) is 13.8 Å². The van der Waals surface area contributed by atoms with Crippen LogP contribution in [0.3, 0.4) is 0 Å². The van der Waals surface area contributed by atoms with Gasteiger partial charge in [-0.15, -0.1) is 11.3 Å². The van der Waals surface area contributed by atoms with E-state index in [0.29, 0.717) is 17.5 Å². The summed E-state index contributed by atoms with van der Waals surface area (Å²) in [6.07, 6.45) is 1.46. The van der Waals surface area contributed by atoms with Gasteiger partial charge in [0.2, 0.25) is 0 Å². The number of nitrogens with one attached hydrogen (secondary N) is 1. The lowest BCUT2D eigenvalue weighted by Gasteiger charge is -2.11. The highest BCUT2D eigenvalue weighted by Gasteiger charge is 2.12. The molecule has 1 N–H and O–H groups in total. The number of anilines is 1. The van der Waals surface area contributed by atoms with Crippen LogP contribution in [0.1, 0.15) is 16.1 Å². The molecule has 0 spiro atoms. The van der Waals surface area contributed by atoms with Gasteiger partial charge in [-0.25, -0.2) is 4.98 Å². The van der Waals surface area contributed by atoms with Gasteiger partial charge in [-0.2, -0.15) is 19.6 Å². The van der Waals surface area contributed by atoms with E-state index in [2.05, 4.69) is 25.4 Å². The number of fused-ring (bicyclic) bond motifs is 1. The maximum absolute atomic E-state index is 6.10.